The van der Waals surface area contributed by atoms with Gasteiger partial charge in [0.25, 0.3) is 11.8 Å². The zero-order valence-corrected chi connectivity index (χ0v) is 17.5. The van der Waals surface area contributed by atoms with Crippen molar-refractivity contribution in [2.75, 3.05) is 16.3 Å². The molecule has 0 fully saturated rings. The monoisotopic (exact) mass is 402 g/mol. The molecule has 0 aliphatic carbocycles. The molecule has 1 aromatic heterocycles. The highest BCUT2D eigenvalue weighted by atomic mass is 32.1. The summed E-state index contributed by atoms with van der Waals surface area (Å²) in [6, 6.07) is 19.4. The van der Waals surface area contributed by atoms with Crippen LogP contribution in [0, 0.1) is 13.8 Å². The number of carbonyl (C=O) groups excluding carboxylic acids is 2. The quantitative estimate of drug-likeness (QED) is 0.553. The van der Waals surface area contributed by atoms with E-state index >= 15 is 0 Å². The van der Waals surface area contributed by atoms with Crippen LogP contribution in [0.2, 0.25) is 0 Å². The zero-order chi connectivity index (χ0) is 20.5. The number of benzene rings is 2. The van der Waals surface area contributed by atoms with Crippen molar-refractivity contribution in [3.63, 3.8) is 0 Å². The van der Waals surface area contributed by atoms with Gasteiger partial charge < -0.3 is 4.90 Å². The van der Waals surface area contributed by atoms with Gasteiger partial charge >= 0.3 is 0 Å². The van der Waals surface area contributed by atoms with E-state index < -0.39 is 0 Å². The molecule has 146 valence electrons. The van der Waals surface area contributed by atoms with E-state index in [0.717, 1.165) is 21.7 Å². The van der Waals surface area contributed by atoms with Crippen molar-refractivity contribution in [3.8, 4) is 0 Å². The van der Waals surface area contributed by atoms with Crippen LogP contribution in [-0.2, 0) is 9.59 Å². The number of aryl methyl sites for hydroxylation is 2. The average molecular weight is 403 g/mol. The summed E-state index contributed by atoms with van der Waals surface area (Å²) in [4.78, 5) is 31.3. The van der Waals surface area contributed by atoms with Crippen LogP contribution in [0.5, 0.6) is 0 Å². The van der Waals surface area contributed by atoms with Crippen molar-refractivity contribution in [2.45, 2.75) is 20.8 Å². The standard InChI is InChI=1S/C24H22N2O2S/c1-4-25(18-9-6-5-7-10-18)22-21(20-11-8-14-29-20)23(27)26(24(22)28)19-15-16(2)12-13-17(19)3/h5-15H,4H2,1-3H3. The van der Waals surface area contributed by atoms with Crippen molar-refractivity contribution in [3.05, 3.63) is 87.7 Å². The molecule has 29 heavy (non-hydrogen) atoms. The third-order valence-corrected chi connectivity index (χ3v) is 5.97. The van der Waals surface area contributed by atoms with Gasteiger partial charge in [0, 0.05) is 17.1 Å². The Hall–Kier alpha value is -3.18. The normalized spacial score (nSPS) is 14.1. The summed E-state index contributed by atoms with van der Waals surface area (Å²) in [6.45, 7) is 6.45. The van der Waals surface area contributed by atoms with Gasteiger partial charge in [0.1, 0.15) is 5.70 Å². The van der Waals surface area contributed by atoms with Gasteiger partial charge in [-0.25, -0.2) is 4.90 Å². The number of imide groups is 1. The highest BCUT2D eigenvalue weighted by molar-refractivity contribution is 7.11. The predicted octanol–water partition coefficient (Wildman–Crippen LogP) is 5.18. The van der Waals surface area contributed by atoms with Crippen LogP contribution in [0.15, 0.2) is 71.7 Å². The summed E-state index contributed by atoms with van der Waals surface area (Å²) in [6.07, 6.45) is 0. The molecule has 2 amide bonds. The molecule has 1 aliphatic rings. The Morgan fingerprint density at radius 3 is 2.34 bits per heavy atom. The summed E-state index contributed by atoms with van der Waals surface area (Å²) >= 11 is 1.47. The lowest BCUT2D eigenvalue weighted by molar-refractivity contribution is -0.120. The van der Waals surface area contributed by atoms with Crippen molar-refractivity contribution in [1.29, 1.82) is 0 Å². The van der Waals surface area contributed by atoms with Gasteiger partial charge in [-0.2, -0.15) is 0 Å². The highest BCUT2D eigenvalue weighted by Gasteiger charge is 2.43. The minimum atomic E-state index is -0.280. The van der Waals surface area contributed by atoms with E-state index in [0.29, 0.717) is 23.5 Å². The first-order valence-electron chi connectivity index (χ1n) is 9.59. The molecule has 2 aromatic carbocycles. The molecule has 1 aliphatic heterocycles. The molecule has 0 N–H and O–H groups in total. The molecule has 0 bridgehead atoms. The van der Waals surface area contributed by atoms with Crippen molar-refractivity contribution < 1.29 is 9.59 Å². The minimum absolute atomic E-state index is 0.268. The molecule has 4 nitrogen and oxygen atoms in total. The Morgan fingerprint density at radius 2 is 1.69 bits per heavy atom. The number of amides is 2. The Morgan fingerprint density at radius 1 is 0.931 bits per heavy atom. The van der Waals surface area contributed by atoms with Gasteiger partial charge in [0.15, 0.2) is 0 Å². The fourth-order valence-electron chi connectivity index (χ4n) is 3.67. The van der Waals surface area contributed by atoms with Gasteiger partial charge in [-0.3, -0.25) is 9.59 Å². The molecule has 0 spiro atoms. The van der Waals surface area contributed by atoms with Crippen molar-refractivity contribution >= 4 is 40.1 Å². The van der Waals surface area contributed by atoms with Crippen molar-refractivity contribution in [2.24, 2.45) is 0 Å². The number of nitrogens with zero attached hydrogens (tertiary/aromatic N) is 2. The fourth-order valence-corrected chi connectivity index (χ4v) is 4.43. The molecule has 5 heteroatoms. The number of thiophene rings is 1. The van der Waals surface area contributed by atoms with E-state index in [1.54, 1.807) is 0 Å². The van der Waals surface area contributed by atoms with E-state index in [4.69, 9.17) is 0 Å². The predicted molar refractivity (Wildman–Crippen MR) is 119 cm³/mol. The second kappa shape index (κ2) is 7.68. The number of para-hydroxylation sites is 1. The van der Waals surface area contributed by atoms with Gasteiger partial charge in [-0.05, 0) is 61.5 Å². The van der Waals surface area contributed by atoms with E-state index in [1.165, 1.54) is 16.2 Å². The van der Waals surface area contributed by atoms with Gasteiger partial charge in [0.2, 0.25) is 0 Å². The molecule has 3 aromatic rings. The third-order valence-electron chi connectivity index (χ3n) is 5.09. The summed E-state index contributed by atoms with van der Waals surface area (Å²) in [7, 11) is 0. The molecule has 0 radical (unpaired) electrons. The fraction of sp³-hybridized carbons (Fsp3) is 0.167. The van der Waals surface area contributed by atoms with Crippen LogP contribution < -0.4 is 9.80 Å². The van der Waals surface area contributed by atoms with E-state index in [2.05, 4.69) is 0 Å². The second-order valence-electron chi connectivity index (χ2n) is 7.02. The van der Waals surface area contributed by atoms with Crippen LogP contribution in [0.3, 0.4) is 0 Å². The third kappa shape index (κ3) is 3.28. The van der Waals surface area contributed by atoms with E-state index in [9.17, 15) is 9.59 Å². The van der Waals surface area contributed by atoms with Crippen LogP contribution in [0.1, 0.15) is 22.9 Å². The van der Waals surface area contributed by atoms with Crippen molar-refractivity contribution in [1.82, 2.24) is 0 Å². The summed E-state index contributed by atoms with van der Waals surface area (Å²) in [5, 5.41) is 1.93. The van der Waals surface area contributed by atoms with Crippen LogP contribution in [-0.4, -0.2) is 18.4 Å². The zero-order valence-electron chi connectivity index (χ0n) is 16.7. The highest BCUT2D eigenvalue weighted by Crippen LogP contribution is 2.39. The smallest absolute Gasteiger partial charge is 0.282 e. The molecule has 0 unspecified atom stereocenters. The summed E-state index contributed by atoms with van der Waals surface area (Å²) in [5.74, 6) is -0.548. The summed E-state index contributed by atoms with van der Waals surface area (Å²) in [5.41, 5.74) is 4.35. The van der Waals surface area contributed by atoms with Gasteiger partial charge in [-0.15, -0.1) is 11.3 Å². The number of hydrogen-bond acceptors (Lipinski definition) is 4. The van der Waals surface area contributed by atoms with Crippen LogP contribution in [0.4, 0.5) is 11.4 Å². The van der Waals surface area contributed by atoms with E-state index in [-0.39, 0.29) is 11.8 Å². The SMILES string of the molecule is CCN(C1=C(c2cccs2)C(=O)N(c2cc(C)ccc2C)C1=O)c1ccccc1. The number of anilines is 2. The number of likely N-dealkylation sites (N-methyl/N-ethyl adjacent to an activating group) is 1. The molecule has 4 rings (SSSR count). The van der Waals surface area contributed by atoms with E-state index in [1.807, 2.05) is 91.7 Å². The largest absolute Gasteiger partial charge is 0.337 e. The lowest BCUT2D eigenvalue weighted by atomic mass is 10.1. The maximum Gasteiger partial charge on any atom is 0.282 e. The first kappa shape index (κ1) is 19.2. The van der Waals surface area contributed by atoms with Gasteiger partial charge in [-0.1, -0.05) is 36.4 Å². The van der Waals surface area contributed by atoms with Crippen LogP contribution in [0.25, 0.3) is 5.57 Å². The molecule has 0 atom stereocenters. The first-order chi connectivity index (χ1) is 14.0. The number of carbonyl (C=O) groups is 2. The summed E-state index contributed by atoms with van der Waals surface area (Å²) < 4.78 is 0. The Labute approximate surface area is 174 Å². The maximum atomic E-state index is 13.7. The molecular weight excluding hydrogens is 380 g/mol. The average Bonchev–Trinajstić information content (AvgIpc) is 3.33. The van der Waals surface area contributed by atoms with Gasteiger partial charge in [0.05, 0.1) is 11.3 Å². The Bertz CT molecular complexity index is 1100. The lowest BCUT2D eigenvalue weighted by Crippen LogP contribution is -2.35. The molecular formula is C24H22N2O2S. The lowest BCUT2D eigenvalue weighted by Gasteiger charge is -2.25. The maximum absolute atomic E-state index is 13.7. The topological polar surface area (TPSA) is 40.6 Å². The number of rotatable bonds is 5. The Balaban J connectivity index is 1.91. The molecule has 0 saturated heterocycles. The molecule has 0 saturated carbocycles. The van der Waals surface area contributed by atoms with Crippen LogP contribution >= 0.6 is 11.3 Å². The number of hydrogen-bond donors (Lipinski definition) is 0. The second-order valence-corrected chi connectivity index (χ2v) is 7.96. The molecule has 2 heterocycles. The minimum Gasteiger partial charge on any atom is -0.337 e. The Kier molecular flexibility index (Phi) is 5.07. The first-order valence-corrected chi connectivity index (χ1v) is 10.5.